The molecule has 0 unspecified atom stereocenters. The normalized spacial score (nSPS) is 11.2. The number of rotatable bonds is 5. The molecule has 0 bridgehead atoms. The molecule has 0 atom stereocenters. The number of halogens is 1. The van der Waals surface area contributed by atoms with E-state index in [9.17, 15) is 10.0 Å². The van der Waals surface area contributed by atoms with E-state index >= 15 is 0 Å². The Bertz CT molecular complexity index is 2930. The SMILES string of the molecule is Brc1ccc(-c2cccc(-c3cccc4c3sc3ccccc34)c2)cc1.OB(O)c1ccc(-c2cccc(-c3cccc4c3sc3ccccc34)c2)cc1. The molecule has 0 saturated carbocycles. The van der Waals surface area contributed by atoms with Gasteiger partial charge in [-0.15, -0.1) is 22.7 Å². The van der Waals surface area contributed by atoms with E-state index in [2.05, 4.69) is 174 Å². The maximum Gasteiger partial charge on any atom is 0.488 e. The quantitative estimate of drug-likeness (QED) is 0.170. The molecule has 54 heavy (non-hydrogen) atoms. The third kappa shape index (κ3) is 6.68. The van der Waals surface area contributed by atoms with Crippen LogP contribution in [0.4, 0.5) is 0 Å². The van der Waals surface area contributed by atoms with Crippen LogP contribution in [0.15, 0.2) is 186 Å². The van der Waals surface area contributed by atoms with Crippen LogP contribution in [0.1, 0.15) is 0 Å². The van der Waals surface area contributed by atoms with Crippen LogP contribution in [-0.2, 0) is 0 Å². The van der Waals surface area contributed by atoms with E-state index in [0.717, 1.165) is 15.6 Å². The van der Waals surface area contributed by atoms with Crippen molar-refractivity contribution in [3.8, 4) is 44.5 Å². The minimum atomic E-state index is -1.44. The van der Waals surface area contributed by atoms with Gasteiger partial charge in [0, 0.05) is 44.8 Å². The van der Waals surface area contributed by atoms with E-state index in [4.69, 9.17) is 0 Å². The average Bonchev–Trinajstić information content (AvgIpc) is 3.80. The van der Waals surface area contributed by atoms with Gasteiger partial charge in [-0.3, -0.25) is 0 Å². The maximum atomic E-state index is 9.30. The summed E-state index contributed by atoms with van der Waals surface area (Å²) in [6.45, 7) is 0. The lowest BCUT2D eigenvalue weighted by Gasteiger charge is -2.08. The summed E-state index contributed by atoms with van der Waals surface area (Å²) in [7, 11) is -1.44. The minimum Gasteiger partial charge on any atom is -0.423 e. The Kier molecular flexibility index (Phi) is 9.46. The van der Waals surface area contributed by atoms with E-state index in [1.54, 1.807) is 12.1 Å². The van der Waals surface area contributed by atoms with Crippen molar-refractivity contribution in [3.63, 3.8) is 0 Å². The van der Waals surface area contributed by atoms with Gasteiger partial charge in [-0.2, -0.15) is 0 Å². The van der Waals surface area contributed by atoms with Gasteiger partial charge in [0.1, 0.15) is 0 Å². The predicted octanol–water partition coefficient (Wildman–Crippen LogP) is 13.2. The van der Waals surface area contributed by atoms with Crippen LogP contribution in [0.2, 0.25) is 0 Å². The molecule has 2 heterocycles. The molecular weight excluding hydrogens is 763 g/mol. The van der Waals surface area contributed by atoms with Gasteiger partial charge in [0.2, 0.25) is 0 Å². The smallest absolute Gasteiger partial charge is 0.423 e. The highest BCUT2D eigenvalue weighted by Crippen LogP contribution is 2.42. The van der Waals surface area contributed by atoms with E-state index in [1.807, 2.05) is 34.8 Å². The fraction of sp³-hybridized carbons (Fsp3) is 0. The van der Waals surface area contributed by atoms with Crippen LogP contribution >= 0.6 is 38.6 Å². The van der Waals surface area contributed by atoms with Crippen LogP contribution in [-0.4, -0.2) is 17.2 Å². The molecule has 10 rings (SSSR count). The Morgan fingerprint density at radius 2 is 0.778 bits per heavy atom. The van der Waals surface area contributed by atoms with Crippen LogP contribution < -0.4 is 5.46 Å². The minimum absolute atomic E-state index is 0.495. The zero-order valence-corrected chi connectivity index (χ0v) is 32.2. The van der Waals surface area contributed by atoms with Gasteiger partial charge in [0.15, 0.2) is 0 Å². The molecule has 0 amide bonds. The summed E-state index contributed by atoms with van der Waals surface area (Å²) in [5, 5.41) is 23.9. The molecule has 0 aliphatic heterocycles. The first kappa shape index (κ1) is 34.4. The van der Waals surface area contributed by atoms with Crippen molar-refractivity contribution in [2.45, 2.75) is 0 Å². The number of hydrogen-bond acceptors (Lipinski definition) is 4. The third-order valence-electron chi connectivity index (χ3n) is 9.88. The molecule has 10 aromatic rings. The fourth-order valence-electron chi connectivity index (χ4n) is 7.17. The molecule has 0 radical (unpaired) electrons. The van der Waals surface area contributed by atoms with Gasteiger partial charge in [-0.05, 0) is 86.4 Å². The van der Waals surface area contributed by atoms with Gasteiger partial charge in [-0.1, -0.05) is 162 Å². The molecule has 0 saturated heterocycles. The van der Waals surface area contributed by atoms with E-state index in [0.29, 0.717) is 5.46 Å². The molecule has 0 spiro atoms. The van der Waals surface area contributed by atoms with Crippen LogP contribution in [0.25, 0.3) is 84.9 Å². The third-order valence-corrected chi connectivity index (χ3v) is 12.8. The van der Waals surface area contributed by atoms with Crippen molar-refractivity contribution in [1.29, 1.82) is 0 Å². The summed E-state index contributed by atoms with van der Waals surface area (Å²) >= 11 is 7.23. The molecule has 0 fully saturated rings. The van der Waals surface area contributed by atoms with Crippen molar-refractivity contribution >= 4 is 91.5 Å². The molecule has 8 aromatic carbocycles. The van der Waals surface area contributed by atoms with Crippen molar-refractivity contribution < 1.29 is 10.0 Å². The number of fused-ring (bicyclic) bond motifs is 6. The molecule has 0 aliphatic rings. The fourth-order valence-corrected chi connectivity index (χ4v) is 9.91. The second-order valence-electron chi connectivity index (χ2n) is 13.2. The van der Waals surface area contributed by atoms with E-state index in [-0.39, 0.29) is 0 Å². The topological polar surface area (TPSA) is 40.5 Å². The molecule has 2 N–H and O–H groups in total. The van der Waals surface area contributed by atoms with Crippen molar-refractivity contribution in [1.82, 2.24) is 0 Å². The molecule has 258 valence electrons. The maximum absolute atomic E-state index is 9.30. The Morgan fingerprint density at radius 3 is 1.26 bits per heavy atom. The lowest BCUT2D eigenvalue weighted by atomic mass is 9.80. The lowest BCUT2D eigenvalue weighted by molar-refractivity contribution is 0.426. The van der Waals surface area contributed by atoms with Crippen molar-refractivity contribution in [2.75, 3.05) is 0 Å². The standard InChI is InChI=1S/C24H17BO2S.C24H15BrS/c26-25(27)19-13-11-16(12-14-19)17-5-3-6-18(15-17)20-8-4-9-22-21-7-1-2-10-23(21)28-24(20)22;25-19-13-11-16(12-14-19)17-5-3-6-18(15-17)20-8-4-9-22-21-7-1-2-10-23(21)26-24(20)22/h1-15,26-27H;1-15H. The second kappa shape index (κ2) is 14.8. The number of hydrogen-bond donors (Lipinski definition) is 2. The Hall–Kier alpha value is -5.34. The van der Waals surface area contributed by atoms with Crippen molar-refractivity contribution in [3.05, 3.63) is 186 Å². The highest BCUT2D eigenvalue weighted by Gasteiger charge is 2.13. The molecular formula is C48H32BBrO2S2. The first-order valence-corrected chi connectivity index (χ1v) is 20.2. The molecule has 0 aliphatic carbocycles. The summed E-state index contributed by atoms with van der Waals surface area (Å²) in [5.41, 5.74) is 10.1. The highest BCUT2D eigenvalue weighted by molar-refractivity contribution is 9.10. The number of benzene rings is 8. The Balaban J connectivity index is 0.000000143. The first-order chi connectivity index (χ1) is 26.5. The first-order valence-electron chi connectivity index (χ1n) is 17.7. The monoisotopic (exact) mass is 794 g/mol. The summed E-state index contributed by atoms with van der Waals surface area (Å²) in [5.74, 6) is 0. The zero-order chi connectivity index (χ0) is 36.6. The molecule has 6 heteroatoms. The van der Waals surface area contributed by atoms with Gasteiger partial charge in [-0.25, -0.2) is 0 Å². The van der Waals surface area contributed by atoms with Crippen molar-refractivity contribution in [2.24, 2.45) is 0 Å². The Morgan fingerprint density at radius 1 is 0.370 bits per heavy atom. The van der Waals surface area contributed by atoms with Gasteiger partial charge in [0.25, 0.3) is 0 Å². The molecule has 2 nitrogen and oxygen atoms in total. The van der Waals surface area contributed by atoms with E-state index in [1.165, 1.54) is 73.7 Å². The van der Waals surface area contributed by atoms with E-state index < -0.39 is 7.12 Å². The number of thiophene rings is 2. The summed E-state index contributed by atoms with van der Waals surface area (Å²) in [4.78, 5) is 0. The summed E-state index contributed by atoms with van der Waals surface area (Å²) in [6, 6.07) is 63.5. The zero-order valence-electron chi connectivity index (χ0n) is 29.0. The van der Waals surface area contributed by atoms with Crippen LogP contribution in [0.3, 0.4) is 0 Å². The second-order valence-corrected chi connectivity index (χ2v) is 16.2. The summed E-state index contributed by atoms with van der Waals surface area (Å²) < 4.78 is 6.42. The lowest BCUT2D eigenvalue weighted by Crippen LogP contribution is -2.29. The van der Waals surface area contributed by atoms with Crippen LogP contribution in [0.5, 0.6) is 0 Å². The van der Waals surface area contributed by atoms with Gasteiger partial charge < -0.3 is 10.0 Å². The average molecular weight is 796 g/mol. The Labute approximate surface area is 330 Å². The highest BCUT2D eigenvalue weighted by atomic mass is 79.9. The molecule has 2 aromatic heterocycles. The van der Waals surface area contributed by atoms with Gasteiger partial charge >= 0.3 is 7.12 Å². The van der Waals surface area contributed by atoms with Gasteiger partial charge in [0.05, 0.1) is 0 Å². The van der Waals surface area contributed by atoms with Crippen LogP contribution in [0, 0.1) is 0 Å². The largest absolute Gasteiger partial charge is 0.488 e. The predicted molar refractivity (Wildman–Crippen MR) is 238 cm³/mol. The summed E-state index contributed by atoms with van der Waals surface area (Å²) in [6.07, 6.45) is 0.